The van der Waals surface area contributed by atoms with E-state index in [1.807, 2.05) is 42.5 Å². The van der Waals surface area contributed by atoms with Crippen molar-refractivity contribution in [3.63, 3.8) is 0 Å². The predicted octanol–water partition coefficient (Wildman–Crippen LogP) is 4.75. The molecule has 2 atom stereocenters. The van der Waals surface area contributed by atoms with Crippen molar-refractivity contribution < 1.29 is 4.39 Å². The highest BCUT2D eigenvalue weighted by Gasteiger charge is 2.31. The second kappa shape index (κ2) is 12.3. The van der Waals surface area contributed by atoms with Crippen LogP contribution in [0.3, 0.4) is 0 Å². The topological polar surface area (TPSA) is 87.9 Å². The molecular formula is C35H37FN6O2. The van der Waals surface area contributed by atoms with Crippen molar-refractivity contribution in [2.24, 2.45) is 5.92 Å². The van der Waals surface area contributed by atoms with E-state index in [1.54, 1.807) is 24.3 Å². The van der Waals surface area contributed by atoms with Gasteiger partial charge in [-0.2, -0.15) is 0 Å². The molecule has 5 aromatic rings. The fraction of sp³-hybridized carbons (Fsp3) is 0.343. The van der Waals surface area contributed by atoms with E-state index >= 15 is 0 Å². The number of hydrogen-bond acceptors (Lipinski definition) is 5. The van der Waals surface area contributed by atoms with Gasteiger partial charge in [-0.3, -0.25) is 9.36 Å². The smallest absolute Gasteiger partial charge is 0.328 e. The summed E-state index contributed by atoms with van der Waals surface area (Å²) in [6.45, 7) is 3.59. The number of halogens is 1. The van der Waals surface area contributed by atoms with Gasteiger partial charge in [-0.1, -0.05) is 54.6 Å². The maximum Gasteiger partial charge on any atom is 0.328 e. The molecule has 8 nitrogen and oxygen atoms in total. The number of hydrogen-bond donors (Lipinski definition) is 2. The summed E-state index contributed by atoms with van der Waals surface area (Å²) < 4.78 is 17.5. The normalized spacial score (nSPS) is 18.3. The highest BCUT2D eigenvalue weighted by molar-refractivity contribution is 5.76. The first kappa shape index (κ1) is 28.4. The fourth-order valence-corrected chi connectivity index (χ4v) is 6.91. The molecular weight excluding hydrogens is 555 g/mol. The number of piperidine rings is 1. The summed E-state index contributed by atoms with van der Waals surface area (Å²) in [5, 5.41) is 4.50. The molecule has 0 amide bonds. The van der Waals surface area contributed by atoms with E-state index < -0.39 is 0 Å². The Bertz CT molecular complexity index is 1850. The molecule has 3 aromatic carbocycles. The Kier molecular flexibility index (Phi) is 7.97. The first-order chi connectivity index (χ1) is 21.5. The minimum absolute atomic E-state index is 0.104. The zero-order valence-corrected chi connectivity index (χ0v) is 24.7. The summed E-state index contributed by atoms with van der Waals surface area (Å²) in [4.78, 5) is 35.7. The lowest BCUT2D eigenvalue weighted by Gasteiger charge is -2.39. The molecule has 7 rings (SSSR count). The van der Waals surface area contributed by atoms with Gasteiger partial charge in [0, 0.05) is 49.9 Å². The van der Waals surface area contributed by atoms with E-state index in [0.717, 1.165) is 68.0 Å². The largest absolute Gasteiger partial charge is 0.333 e. The minimum atomic E-state index is -0.367. The number of imidazole rings is 1. The van der Waals surface area contributed by atoms with Gasteiger partial charge in [0.25, 0.3) is 5.56 Å². The zero-order valence-electron chi connectivity index (χ0n) is 24.7. The number of para-hydroxylation sites is 1. The monoisotopic (exact) mass is 592 g/mol. The quantitative estimate of drug-likeness (QED) is 0.272. The van der Waals surface area contributed by atoms with Crippen LogP contribution in [-0.2, 0) is 19.5 Å². The molecule has 4 heterocycles. The van der Waals surface area contributed by atoms with Crippen molar-refractivity contribution in [2.45, 2.75) is 50.9 Å². The lowest BCUT2D eigenvalue weighted by atomic mass is 9.84. The number of benzene rings is 3. The van der Waals surface area contributed by atoms with Crippen molar-refractivity contribution in [1.29, 1.82) is 0 Å². The second-order valence-electron chi connectivity index (χ2n) is 12.1. The number of rotatable bonds is 8. The van der Waals surface area contributed by atoms with Gasteiger partial charge in [-0.05, 0) is 68.1 Å². The van der Waals surface area contributed by atoms with E-state index in [2.05, 4.69) is 38.1 Å². The van der Waals surface area contributed by atoms with Crippen LogP contribution in [0.2, 0.25) is 0 Å². The van der Waals surface area contributed by atoms with Gasteiger partial charge in [0.15, 0.2) is 0 Å². The third kappa shape index (κ3) is 5.89. The van der Waals surface area contributed by atoms with Crippen molar-refractivity contribution in [1.82, 2.24) is 29.3 Å². The number of aryl methyl sites for hydroxylation is 1. The Morgan fingerprint density at radius 3 is 2.45 bits per heavy atom. The molecule has 2 unspecified atom stereocenters. The lowest BCUT2D eigenvalue weighted by Crippen LogP contribution is -2.46. The molecule has 1 saturated heterocycles. The molecule has 226 valence electrons. The van der Waals surface area contributed by atoms with Crippen LogP contribution in [0.1, 0.15) is 36.7 Å². The molecule has 2 N–H and O–H groups in total. The number of H-pyrrole nitrogens is 1. The van der Waals surface area contributed by atoms with Crippen LogP contribution in [-0.4, -0.2) is 49.7 Å². The highest BCUT2D eigenvalue weighted by atomic mass is 19.1. The molecule has 44 heavy (non-hydrogen) atoms. The predicted molar refractivity (Wildman–Crippen MR) is 170 cm³/mol. The van der Waals surface area contributed by atoms with Crippen molar-refractivity contribution in [3.8, 4) is 11.3 Å². The fourth-order valence-electron chi connectivity index (χ4n) is 6.91. The molecule has 0 spiro atoms. The molecule has 0 saturated carbocycles. The summed E-state index contributed by atoms with van der Waals surface area (Å²) >= 11 is 0. The molecule has 0 bridgehead atoms. The van der Waals surface area contributed by atoms with E-state index in [9.17, 15) is 14.0 Å². The van der Waals surface area contributed by atoms with Gasteiger partial charge in [0.1, 0.15) is 11.6 Å². The average Bonchev–Trinajstić information content (AvgIpc) is 3.49. The number of likely N-dealkylation sites (tertiary alicyclic amines) is 1. The molecule has 2 aliphatic heterocycles. The number of nitrogens with zero attached hydrogens (tertiary/aromatic N) is 4. The van der Waals surface area contributed by atoms with E-state index in [4.69, 9.17) is 4.98 Å². The summed E-state index contributed by atoms with van der Waals surface area (Å²) in [7, 11) is 0. The third-order valence-electron chi connectivity index (χ3n) is 9.34. The van der Waals surface area contributed by atoms with Crippen molar-refractivity contribution in [3.05, 3.63) is 123 Å². The van der Waals surface area contributed by atoms with Crippen LogP contribution in [0.25, 0.3) is 22.2 Å². The summed E-state index contributed by atoms with van der Waals surface area (Å²) in [6, 6.07) is 24.7. The molecule has 9 heteroatoms. The lowest BCUT2D eigenvalue weighted by molar-refractivity contribution is 0.145. The van der Waals surface area contributed by atoms with Gasteiger partial charge >= 0.3 is 5.69 Å². The number of fused-ring (bicyclic) bond motifs is 2. The summed E-state index contributed by atoms with van der Waals surface area (Å²) in [6.07, 6.45) is 6.01. The second-order valence-corrected chi connectivity index (χ2v) is 12.1. The molecule has 0 radical (unpaired) electrons. The maximum absolute atomic E-state index is 13.9. The van der Waals surface area contributed by atoms with Gasteiger partial charge in [-0.15, -0.1) is 0 Å². The van der Waals surface area contributed by atoms with Crippen LogP contribution >= 0.6 is 0 Å². The van der Waals surface area contributed by atoms with Crippen LogP contribution < -0.4 is 16.6 Å². The standard InChI is InChI=1S/C35H37FN6O2/c36-27-12-10-25(11-13-27)33(37-28-14-15-32-38-31(23-41(32)22-28)24-6-2-1-3-7-24)26-16-18-40(19-17-26)20-21-42-34(43)29-8-4-5-9-30(29)39-35(42)44/h1-13,23,26,28,33,37H,14-22H2,(H,39,44). The van der Waals surface area contributed by atoms with Crippen LogP contribution in [0, 0.1) is 11.7 Å². The Morgan fingerprint density at radius 2 is 1.66 bits per heavy atom. The molecule has 2 aliphatic rings. The Morgan fingerprint density at radius 1 is 0.909 bits per heavy atom. The van der Waals surface area contributed by atoms with Crippen molar-refractivity contribution in [2.75, 3.05) is 19.6 Å². The first-order valence-electron chi connectivity index (χ1n) is 15.6. The first-order valence-corrected chi connectivity index (χ1v) is 15.6. The minimum Gasteiger partial charge on any atom is -0.333 e. The zero-order chi connectivity index (χ0) is 30.0. The third-order valence-corrected chi connectivity index (χ3v) is 9.34. The maximum atomic E-state index is 13.9. The van der Waals surface area contributed by atoms with E-state index in [0.29, 0.717) is 29.9 Å². The van der Waals surface area contributed by atoms with E-state index in [1.165, 1.54) is 4.57 Å². The van der Waals surface area contributed by atoms with E-state index in [-0.39, 0.29) is 29.1 Å². The number of nitrogens with one attached hydrogen (secondary N) is 2. The van der Waals surface area contributed by atoms with Gasteiger partial charge < -0.3 is 19.8 Å². The van der Waals surface area contributed by atoms with Gasteiger partial charge in [-0.25, -0.2) is 14.2 Å². The van der Waals surface area contributed by atoms with Crippen LogP contribution in [0.5, 0.6) is 0 Å². The van der Waals surface area contributed by atoms with Gasteiger partial charge in [0.05, 0.1) is 16.6 Å². The Labute approximate surface area is 255 Å². The molecule has 0 aliphatic carbocycles. The summed E-state index contributed by atoms with van der Waals surface area (Å²) in [5.41, 5.74) is 3.21. The molecule has 2 aromatic heterocycles. The van der Waals surface area contributed by atoms with Crippen molar-refractivity contribution >= 4 is 10.9 Å². The number of aromatic nitrogens is 4. The Balaban J connectivity index is 1.02. The number of aromatic amines is 1. The van der Waals surface area contributed by atoms with Crippen LogP contribution in [0.15, 0.2) is 94.6 Å². The molecule has 1 fully saturated rings. The summed E-state index contributed by atoms with van der Waals surface area (Å²) in [5.74, 6) is 1.28. The average molecular weight is 593 g/mol. The van der Waals surface area contributed by atoms with Gasteiger partial charge in [0.2, 0.25) is 0 Å². The Hall–Kier alpha value is -4.34. The SMILES string of the molecule is O=c1[nH]c2ccccc2c(=O)n1CCN1CCC(C(NC2CCc3nc(-c4ccccc4)cn3C2)c2ccc(F)cc2)CC1. The highest BCUT2D eigenvalue weighted by Crippen LogP contribution is 2.33. The van der Waals surface area contributed by atoms with Crippen LogP contribution in [0.4, 0.5) is 4.39 Å².